The molecular formula is C16H17NO. The highest BCUT2D eigenvalue weighted by Gasteiger charge is 2.21. The molecule has 2 aromatic rings. The Hall–Kier alpha value is -1.83. The molecule has 0 fully saturated rings. The van der Waals surface area contributed by atoms with Crippen LogP contribution in [0.25, 0.3) is 10.8 Å². The number of benzene rings is 2. The standard InChI is InChI=1S/C16H17NO/c1-2-3-9-17-11-12-7-8-13-5-4-6-14(16(17)18)15(13)10-12/h4-8,10H,2-3,9,11H2,1H3. The van der Waals surface area contributed by atoms with Gasteiger partial charge in [-0.15, -0.1) is 0 Å². The number of carbonyl (C=O) groups excluding carboxylic acids is 1. The van der Waals surface area contributed by atoms with E-state index in [-0.39, 0.29) is 5.91 Å². The lowest BCUT2D eigenvalue weighted by atomic mass is 10.0. The molecule has 1 aliphatic rings. The number of hydrogen-bond acceptors (Lipinski definition) is 1. The second-order valence-corrected chi connectivity index (χ2v) is 4.94. The summed E-state index contributed by atoms with van der Waals surface area (Å²) in [5.74, 6) is 0.176. The Labute approximate surface area is 107 Å². The van der Waals surface area contributed by atoms with Gasteiger partial charge in [0.2, 0.25) is 0 Å². The lowest BCUT2D eigenvalue weighted by Gasteiger charge is -2.20. The van der Waals surface area contributed by atoms with Gasteiger partial charge in [0.25, 0.3) is 5.91 Å². The molecule has 2 heteroatoms. The zero-order valence-corrected chi connectivity index (χ0v) is 10.6. The molecule has 2 aromatic carbocycles. The number of nitrogens with zero attached hydrogens (tertiary/aromatic N) is 1. The molecule has 3 rings (SSSR count). The zero-order chi connectivity index (χ0) is 12.5. The van der Waals surface area contributed by atoms with E-state index < -0.39 is 0 Å². The lowest BCUT2D eigenvalue weighted by Crippen LogP contribution is -2.30. The van der Waals surface area contributed by atoms with Crippen LogP contribution in [0.3, 0.4) is 0 Å². The van der Waals surface area contributed by atoms with Crippen molar-refractivity contribution in [1.82, 2.24) is 4.90 Å². The van der Waals surface area contributed by atoms with E-state index >= 15 is 0 Å². The molecular weight excluding hydrogens is 222 g/mol. The van der Waals surface area contributed by atoms with Crippen LogP contribution in [-0.2, 0) is 6.54 Å². The molecule has 0 radical (unpaired) electrons. The highest BCUT2D eigenvalue weighted by atomic mass is 16.2. The average molecular weight is 239 g/mol. The second kappa shape index (κ2) is 4.45. The SMILES string of the molecule is CCCCN1Cc2ccc3cccc(c3c2)C1=O. The van der Waals surface area contributed by atoms with E-state index in [1.165, 1.54) is 5.56 Å². The van der Waals surface area contributed by atoms with Gasteiger partial charge in [0.15, 0.2) is 0 Å². The minimum Gasteiger partial charge on any atom is -0.334 e. The Kier molecular flexibility index (Phi) is 2.78. The first kappa shape index (κ1) is 11.3. The topological polar surface area (TPSA) is 20.3 Å². The van der Waals surface area contributed by atoms with Crippen LogP contribution in [0.1, 0.15) is 35.7 Å². The van der Waals surface area contributed by atoms with Crippen LogP contribution < -0.4 is 0 Å². The van der Waals surface area contributed by atoms with E-state index in [0.29, 0.717) is 0 Å². The molecule has 1 amide bonds. The van der Waals surface area contributed by atoms with Crippen molar-refractivity contribution in [1.29, 1.82) is 0 Å². The van der Waals surface area contributed by atoms with Gasteiger partial charge in [-0.3, -0.25) is 4.79 Å². The minimum absolute atomic E-state index is 0.176. The molecule has 92 valence electrons. The van der Waals surface area contributed by atoms with Crippen LogP contribution >= 0.6 is 0 Å². The number of fused-ring (bicyclic) bond motifs is 1. The Morgan fingerprint density at radius 1 is 1.22 bits per heavy atom. The molecule has 0 saturated heterocycles. The van der Waals surface area contributed by atoms with Crippen molar-refractivity contribution < 1.29 is 4.79 Å². The van der Waals surface area contributed by atoms with Crippen molar-refractivity contribution in [3.8, 4) is 0 Å². The molecule has 2 bridgehead atoms. The van der Waals surface area contributed by atoms with Gasteiger partial charge < -0.3 is 4.90 Å². The summed E-state index contributed by atoms with van der Waals surface area (Å²) in [6, 6.07) is 12.4. The number of amides is 1. The molecule has 1 aliphatic heterocycles. The van der Waals surface area contributed by atoms with Gasteiger partial charge in [-0.05, 0) is 34.9 Å². The molecule has 0 N–H and O–H groups in total. The fourth-order valence-electron chi connectivity index (χ4n) is 2.60. The zero-order valence-electron chi connectivity index (χ0n) is 10.6. The number of unbranched alkanes of at least 4 members (excludes halogenated alkanes) is 1. The van der Waals surface area contributed by atoms with Crippen molar-refractivity contribution in [3.63, 3.8) is 0 Å². The highest BCUT2D eigenvalue weighted by Crippen LogP contribution is 2.26. The summed E-state index contributed by atoms with van der Waals surface area (Å²) in [7, 11) is 0. The summed E-state index contributed by atoms with van der Waals surface area (Å²) in [4.78, 5) is 14.5. The number of carbonyl (C=O) groups is 1. The smallest absolute Gasteiger partial charge is 0.254 e. The fourth-order valence-corrected chi connectivity index (χ4v) is 2.60. The van der Waals surface area contributed by atoms with Gasteiger partial charge in [-0.25, -0.2) is 0 Å². The van der Waals surface area contributed by atoms with Crippen LogP contribution in [0.2, 0.25) is 0 Å². The fraction of sp³-hybridized carbons (Fsp3) is 0.312. The van der Waals surface area contributed by atoms with Gasteiger partial charge in [0.1, 0.15) is 0 Å². The summed E-state index contributed by atoms with van der Waals surface area (Å²) in [6.07, 6.45) is 2.18. The molecule has 0 unspecified atom stereocenters. The van der Waals surface area contributed by atoms with Crippen LogP contribution in [0, 0.1) is 0 Å². The van der Waals surface area contributed by atoms with E-state index in [9.17, 15) is 4.79 Å². The van der Waals surface area contributed by atoms with Crippen LogP contribution in [0.5, 0.6) is 0 Å². The third-order valence-corrected chi connectivity index (χ3v) is 3.62. The van der Waals surface area contributed by atoms with E-state index in [0.717, 1.165) is 42.3 Å². The lowest BCUT2D eigenvalue weighted by molar-refractivity contribution is 0.0745. The second-order valence-electron chi connectivity index (χ2n) is 4.94. The highest BCUT2D eigenvalue weighted by molar-refractivity contribution is 6.07. The maximum absolute atomic E-state index is 12.5. The van der Waals surface area contributed by atoms with Crippen molar-refractivity contribution >= 4 is 16.7 Å². The summed E-state index contributed by atoms with van der Waals surface area (Å²) in [5, 5.41) is 2.25. The van der Waals surface area contributed by atoms with E-state index in [2.05, 4.69) is 31.2 Å². The first-order valence-corrected chi connectivity index (χ1v) is 6.60. The Bertz CT molecular complexity index is 603. The Morgan fingerprint density at radius 2 is 2.11 bits per heavy atom. The summed E-state index contributed by atoms with van der Waals surface area (Å²) >= 11 is 0. The monoisotopic (exact) mass is 239 g/mol. The molecule has 2 nitrogen and oxygen atoms in total. The van der Waals surface area contributed by atoms with Gasteiger partial charge in [0.05, 0.1) is 0 Å². The minimum atomic E-state index is 0.176. The average Bonchev–Trinajstić information content (AvgIpc) is 2.53. The number of hydrogen-bond donors (Lipinski definition) is 0. The Morgan fingerprint density at radius 3 is 2.94 bits per heavy atom. The van der Waals surface area contributed by atoms with Gasteiger partial charge in [-0.2, -0.15) is 0 Å². The van der Waals surface area contributed by atoms with E-state index in [1.54, 1.807) is 0 Å². The van der Waals surface area contributed by atoms with Crippen LogP contribution in [0.15, 0.2) is 36.4 Å². The third-order valence-electron chi connectivity index (χ3n) is 3.62. The summed E-state index contributed by atoms with van der Waals surface area (Å²) in [5.41, 5.74) is 2.08. The first-order chi connectivity index (χ1) is 8.79. The van der Waals surface area contributed by atoms with Gasteiger partial charge >= 0.3 is 0 Å². The molecule has 0 aliphatic carbocycles. The predicted octanol–water partition coefficient (Wildman–Crippen LogP) is 3.60. The summed E-state index contributed by atoms with van der Waals surface area (Å²) < 4.78 is 0. The maximum atomic E-state index is 12.5. The van der Waals surface area contributed by atoms with Crippen molar-refractivity contribution in [2.75, 3.05) is 6.54 Å². The van der Waals surface area contributed by atoms with Crippen molar-refractivity contribution in [3.05, 3.63) is 47.5 Å². The predicted molar refractivity (Wildman–Crippen MR) is 73.6 cm³/mol. The molecule has 18 heavy (non-hydrogen) atoms. The van der Waals surface area contributed by atoms with Crippen LogP contribution in [0.4, 0.5) is 0 Å². The van der Waals surface area contributed by atoms with E-state index in [4.69, 9.17) is 0 Å². The van der Waals surface area contributed by atoms with Crippen molar-refractivity contribution in [2.24, 2.45) is 0 Å². The molecule has 1 heterocycles. The quantitative estimate of drug-likeness (QED) is 0.801. The van der Waals surface area contributed by atoms with E-state index in [1.807, 2.05) is 17.0 Å². The van der Waals surface area contributed by atoms with Crippen LogP contribution in [-0.4, -0.2) is 17.4 Å². The number of rotatable bonds is 3. The third kappa shape index (κ3) is 1.78. The normalized spacial score (nSPS) is 14.3. The molecule has 0 aromatic heterocycles. The Balaban J connectivity index is 2.09. The first-order valence-electron chi connectivity index (χ1n) is 6.60. The summed E-state index contributed by atoms with van der Waals surface area (Å²) in [6.45, 7) is 3.75. The van der Waals surface area contributed by atoms with Gasteiger partial charge in [0, 0.05) is 18.7 Å². The largest absolute Gasteiger partial charge is 0.334 e. The maximum Gasteiger partial charge on any atom is 0.254 e. The molecule has 0 atom stereocenters. The molecule has 0 saturated carbocycles. The van der Waals surface area contributed by atoms with Gasteiger partial charge in [-0.1, -0.05) is 37.6 Å². The van der Waals surface area contributed by atoms with Crippen molar-refractivity contribution in [2.45, 2.75) is 26.3 Å². The molecule has 0 spiro atoms.